The number of rotatable bonds is 36. The minimum Gasteiger partial charge on any atom is -0.455 e. The van der Waals surface area contributed by atoms with Crippen molar-refractivity contribution in [3.63, 3.8) is 0 Å². The maximum atomic E-state index is 12.5. The number of ether oxygens (including phenoxy) is 3. The molecule has 0 aliphatic rings. The summed E-state index contributed by atoms with van der Waals surface area (Å²) in [6.07, 6.45) is 36.4. The zero-order chi connectivity index (χ0) is 34.6. The van der Waals surface area contributed by atoms with Crippen LogP contribution in [0, 0.1) is 0 Å². The molecule has 1 atom stereocenters. The molecule has 0 aromatic carbocycles. The lowest BCUT2D eigenvalue weighted by molar-refractivity contribution is -0.212. The van der Waals surface area contributed by atoms with Gasteiger partial charge in [-0.2, -0.15) is 0 Å². The van der Waals surface area contributed by atoms with Gasteiger partial charge in [-0.25, -0.2) is 0 Å². The van der Waals surface area contributed by atoms with Crippen molar-refractivity contribution >= 4 is 17.9 Å². The highest BCUT2D eigenvalue weighted by atomic mass is 16.7. The van der Waals surface area contributed by atoms with E-state index in [1.165, 1.54) is 161 Å². The summed E-state index contributed by atoms with van der Waals surface area (Å²) in [5.41, 5.74) is 0. The van der Waals surface area contributed by atoms with Gasteiger partial charge in [0, 0.05) is 19.8 Å². The first-order valence-electron chi connectivity index (χ1n) is 20.5. The molecule has 0 bridgehead atoms. The number of carbonyl (C=O) groups is 3. The van der Waals surface area contributed by atoms with Crippen LogP contribution in [-0.4, -0.2) is 30.3 Å². The first kappa shape index (κ1) is 45.4. The van der Waals surface area contributed by atoms with E-state index in [9.17, 15) is 14.4 Å². The van der Waals surface area contributed by atoms with Crippen molar-refractivity contribution in [3.05, 3.63) is 0 Å². The lowest BCUT2D eigenvalue weighted by atomic mass is 10.0. The molecule has 6 heteroatoms. The Kier molecular flexibility index (Phi) is 34.5. The van der Waals surface area contributed by atoms with E-state index in [-0.39, 0.29) is 12.8 Å². The fraction of sp³-hybridized carbons (Fsp3) is 0.927. The first-order chi connectivity index (χ1) is 22.9. The van der Waals surface area contributed by atoms with E-state index in [4.69, 9.17) is 14.2 Å². The summed E-state index contributed by atoms with van der Waals surface area (Å²) in [6, 6.07) is 0. The van der Waals surface area contributed by atoms with Crippen molar-refractivity contribution in [3.8, 4) is 0 Å². The van der Waals surface area contributed by atoms with Gasteiger partial charge in [-0.1, -0.05) is 194 Å². The van der Waals surface area contributed by atoms with Crippen molar-refractivity contribution in [1.82, 2.24) is 0 Å². The first-order valence-corrected chi connectivity index (χ1v) is 20.5. The van der Waals surface area contributed by atoms with Gasteiger partial charge >= 0.3 is 17.9 Å². The summed E-state index contributed by atoms with van der Waals surface area (Å²) >= 11 is 0. The molecule has 0 aromatic heterocycles. The predicted molar refractivity (Wildman–Crippen MR) is 196 cm³/mol. The minimum absolute atomic E-state index is 0.276. The Balaban J connectivity index is 3.93. The van der Waals surface area contributed by atoms with Crippen LogP contribution in [0.3, 0.4) is 0 Å². The minimum atomic E-state index is -1.20. The lowest BCUT2D eigenvalue weighted by Gasteiger charge is -2.23. The number of carbonyl (C=O) groups excluding carboxylic acids is 3. The fourth-order valence-corrected chi connectivity index (χ4v) is 6.19. The SMILES string of the molecule is CCCCCCCCCCCCCCCCCC(=O)OC(OC(=O)CCCCCCCCCCCCCCCCC)C(C)OC(C)=O. The highest BCUT2D eigenvalue weighted by molar-refractivity contribution is 5.71. The van der Waals surface area contributed by atoms with Gasteiger partial charge in [-0.05, 0) is 19.8 Å². The lowest BCUT2D eigenvalue weighted by Crippen LogP contribution is -2.36. The molecule has 0 amide bonds. The van der Waals surface area contributed by atoms with Crippen LogP contribution in [0.25, 0.3) is 0 Å². The Bertz CT molecular complexity index is 660. The third-order valence-corrected chi connectivity index (χ3v) is 9.20. The van der Waals surface area contributed by atoms with Gasteiger partial charge in [0.25, 0.3) is 6.29 Å². The number of unbranched alkanes of at least 4 members (excludes halogenated alkanes) is 28. The molecular formula is C41H78O6. The molecule has 0 aliphatic heterocycles. The molecule has 0 rings (SSSR count). The van der Waals surface area contributed by atoms with E-state index >= 15 is 0 Å². The fourth-order valence-electron chi connectivity index (χ4n) is 6.19. The molecule has 0 spiro atoms. The Labute approximate surface area is 291 Å². The van der Waals surface area contributed by atoms with Crippen molar-refractivity contribution in [1.29, 1.82) is 0 Å². The average Bonchev–Trinajstić information content (AvgIpc) is 3.04. The molecule has 6 nitrogen and oxygen atoms in total. The maximum Gasteiger partial charge on any atom is 0.309 e. The van der Waals surface area contributed by atoms with Gasteiger partial charge in [0.2, 0.25) is 0 Å². The van der Waals surface area contributed by atoms with E-state index in [0.29, 0.717) is 0 Å². The average molecular weight is 667 g/mol. The Morgan fingerprint density at radius 2 is 0.617 bits per heavy atom. The van der Waals surface area contributed by atoms with Crippen LogP contribution in [-0.2, 0) is 28.6 Å². The summed E-state index contributed by atoms with van der Waals surface area (Å²) in [5.74, 6) is -1.33. The second kappa shape index (κ2) is 35.7. The molecule has 0 heterocycles. The van der Waals surface area contributed by atoms with Crippen molar-refractivity contribution in [2.75, 3.05) is 0 Å². The third-order valence-electron chi connectivity index (χ3n) is 9.20. The van der Waals surface area contributed by atoms with Gasteiger partial charge < -0.3 is 14.2 Å². The van der Waals surface area contributed by atoms with Gasteiger partial charge in [-0.3, -0.25) is 14.4 Å². The topological polar surface area (TPSA) is 78.9 Å². The van der Waals surface area contributed by atoms with Gasteiger partial charge in [-0.15, -0.1) is 0 Å². The van der Waals surface area contributed by atoms with Crippen LogP contribution in [0.2, 0.25) is 0 Å². The summed E-state index contributed by atoms with van der Waals surface area (Å²) in [4.78, 5) is 36.5. The second-order valence-corrected chi connectivity index (χ2v) is 14.1. The monoisotopic (exact) mass is 667 g/mol. The molecule has 1 unspecified atom stereocenters. The molecule has 278 valence electrons. The highest BCUT2D eigenvalue weighted by Crippen LogP contribution is 2.17. The molecule has 0 aliphatic carbocycles. The zero-order valence-corrected chi connectivity index (χ0v) is 31.7. The summed E-state index contributed by atoms with van der Waals surface area (Å²) in [6.45, 7) is 7.42. The molecule has 47 heavy (non-hydrogen) atoms. The molecule has 0 radical (unpaired) electrons. The quantitative estimate of drug-likeness (QED) is 0.0376. The van der Waals surface area contributed by atoms with Gasteiger partial charge in [0.1, 0.15) is 0 Å². The molecule has 0 saturated heterocycles. The standard InChI is InChI=1S/C41H78O6/c1-5-7-9-11-13-15-17-19-21-23-25-27-29-31-33-35-39(43)46-41(37(3)45-38(4)42)47-40(44)36-34-32-30-28-26-24-22-20-18-16-14-12-10-8-6-2/h37,41H,5-36H2,1-4H3. The largest absolute Gasteiger partial charge is 0.455 e. The predicted octanol–water partition coefficient (Wildman–Crippen LogP) is 12.9. The number of hydrogen-bond acceptors (Lipinski definition) is 6. The summed E-state index contributed by atoms with van der Waals surface area (Å²) < 4.78 is 16.1. The van der Waals surface area contributed by atoms with Crippen LogP contribution >= 0.6 is 0 Å². The number of hydrogen-bond donors (Lipinski definition) is 0. The van der Waals surface area contributed by atoms with Crippen LogP contribution in [0.4, 0.5) is 0 Å². The molecule has 0 aromatic rings. The number of esters is 3. The normalized spacial score (nSPS) is 11.9. The Morgan fingerprint density at radius 1 is 0.383 bits per heavy atom. The van der Waals surface area contributed by atoms with Crippen LogP contribution in [0.5, 0.6) is 0 Å². The smallest absolute Gasteiger partial charge is 0.309 e. The molecule has 0 N–H and O–H groups in total. The van der Waals surface area contributed by atoms with Crippen LogP contribution < -0.4 is 0 Å². The maximum absolute atomic E-state index is 12.5. The summed E-state index contributed by atoms with van der Waals surface area (Å²) in [5, 5.41) is 0. The van der Waals surface area contributed by atoms with Crippen molar-refractivity contribution in [2.24, 2.45) is 0 Å². The second-order valence-electron chi connectivity index (χ2n) is 14.1. The highest BCUT2D eigenvalue weighted by Gasteiger charge is 2.27. The van der Waals surface area contributed by atoms with E-state index in [2.05, 4.69) is 13.8 Å². The Morgan fingerprint density at radius 3 is 0.851 bits per heavy atom. The van der Waals surface area contributed by atoms with E-state index in [1.54, 1.807) is 6.92 Å². The van der Waals surface area contributed by atoms with E-state index < -0.39 is 30.3 Å². The molecular weight excluding hydrogens is 588 g/mol. The van der Waals surface area contributed by atoms with E-state index in [0.717, 1.165) is 38.5 Å². The van der Waals surface area contributed by atoms with Gasteiger partial charge in [0.15, 0.2) is 6.10 Å². The molecule has 0 saturated carbocycles. The third kappa shape index (κ3) is 34.1. The Hall–Kier alpha value is -1.59. The molecule has 0 fully saturated rings. The summed E-state index contributed by atoms with van der Waals surface area (Å²) in [7, 11) is 0. The van der Waals surface area contributed by atoms with Crippen LogP contribution in [0.1, 0.15) is 233 Å². The van der Waals surface area contributed by atoms with Crippen molar-refractivity contribution < 1.29 is 28.6 Å². The van der Waals surface area contributed by atoms with Crippen LogP contribution in [0.15, 0.2) is 0 Å². The van der Waals surface area contributed by atoms with E-state index in [1.807, 2.05) is 0 Å². The van der Waals surface area contributed by atoms with Gasteiger partial charge in [0.05, 0.1) is 0 Å². The van der Waals surface area contributed by atoms with Crippen molar-refractivity contribution in [2.45, 2.75) is 246 Å². The zero-order valence-electron chi connectivity index (χ0n) is 31.7.